The average molecular weight is 288 g/mol. The van der Waals surface area contributed by atoms with Gasteiger partial charge in [-0.15, -0.1) is 0 Å². The molecule has 2 heteroatoms. The number of nitrogens with zero attached hydrogens (tertiary/aromatic N) is 1. The van der Waals surface area contributed by atoms with E-state index < -0.39 is 0 Å². The van der Waals surface area contributed by atoms with Gasteiger partial charge in [0.25, 0.3) is 0 Å². The second-order valence-electron chi connectivity index (χ2n) is 5.52. The summed E-state index contributed by atoms with van der Waals surface area (Å²) in [6, 6.07) is 0.853. The molecule has 2 heterocycles. The maximum atomic E-state index is 4.27. The zero-order valence-electron chi connectivity index (χ0n) is 10.7. The van der Waals surface area contributed by atoms with Gasteiger partial charge < -0.3 is 21.5 Å². The van der Waals surface area contributed by atoms with Crippen LogP contribution in [0.5, 0.6) is 0 Å². The molecule has 2 rings (SSSR count). The largest absolute Gasteiger partial charge is 1.00 e. The van der Waals surface area contributed by atoms with Crippen LogP contribution in [0.25, 0.3) is 0 Å². The smallest absolute Gasteiger partial charge is 0.111 e. The van der Waals surface area contributed by atoms with Crippen LogP contribution in [0.2, 0.25) is 0 Å². The van der Waals surface area contributed by atoms with Crippen molar-refractivity contribution < 1.29 is 21.5 Å². The topological polar surface area (TPSA) is 0 Å². The molecule has 0 radical (unpaired) electrons. The van der Waals surface area contributed by atoms with Crippen LogP contribution in [0.3, 0.4) is 0 Å². The van der Waals surface area contributed by atoms with E-state index in [0.29, 0.717) is 0 Å². The van der Waals surface area contributed by atoms with Gasteiger partial charge in [0.2, 0.25) is 0 Å². The van der Waals surface area contributed by atoms with Crippen LogP contribution < -0.4 is 17.0 Å². The summed E-state index contributed by atoms with van der Waals surface area (Å²) in [4.78, 5) is 0. The number of hydrogen-bond donors (Lipinski definition) is 0. The Kier molecular flexibility index (Phi) is 5.52. The summed E-state index contributed by atoms with van der Waals surface area (Å²) >= 11 is 0. The standard InChI is InChI=1S/C14H26N.BrH/c1-3-4-5-6-10-15-11-7-8-14(15)13(2)9-12-15;/h14H,2-12H2,1H3;1H/q+1;/p-1/t14-,15?;/m0./s1. The molecule has 0 spiro atoms. The van der Waals surface area contributed by atoms with Crippen LogP contribution in [0.4, 0.5) is 0 Å². The van der Waals surface area contributed by atoms with E-state index in [1.54, 1.807) is 5.57 Å². The Morgan fingerprint density at radius 2 is 2.06 bits per heavy atom. The van der Waals surface area contributed by atoms with Crippen LogP contribution in [0.15, 0.2) is 12.2 Å². The van der Waals surface area contributed by atoms with E-state index in [0.717, 1.165) is 6.04 Å². The summed E-state index contributed by atoms with van der Waals surface area (Å²) in [5.41, 5.74) is 1.56. The fourth-order valence-electron chi connectivity index (χ4n) is 3.65. The molecule has 0 saturated carbocycles. The van der Waals surface area contributed by atoms with Gasteiger partial charge in [0.1, 0.15) is 6.04 Å². The normalized spacial score (nSPS) is 32.6. The lowest BCUT2D eigenvalue weighted by Crippen LogP contribution is -3.00. The number of quaternary nitrogens is 1. The van der Waals surface area contributed by atoms with E-state index in [1.807, 2.05) is 0 Å². The molecule has 1 unspecified atom stereocenters. The van der Waals surface area contributed by atoms with Crippen molar-refractivity contribution in [1.29, 1.82) is 0 Å². The van der Waals surface area contributed by atoms with Gasteiger partial charge in [-0.1, -0.05) is 26.3 Å². The van der Waals surface area contributed by atoms with Crippen LogP contribution in [-0.2, 0) is 0 Å². The molecule has 2 saturated heterocycles. The van der Waals surface area contributed by atoms with Crippen LogP contribution in [-0.4, -0.2) is 30.2 Å². The lowest BCUT2D eigenvalue weighted by molar-refractivity contribution is -0.924. The first-order valence-corrected chi connectivity index (χ1v) is 6.82. The van der Waals surface area contributed by atoms with Gasteiger partial charge in [-0.2, -0.15) is 0 Å². The summed E-state index contributed by atoms with van der Waals surface area (Å²) < 4.78 is 1.42. The summed E-state index contributed by atoms with van der Waals surface area (Å²) in [7, 11) is 0. The Bertz CT molecular complexity index is 239. The van der Waals surface area contributed by atoms with Crippen LogP contribution in [0.1, 0.15) is 51.9 Å². The third-order valence-electron chi connectivity index (χ3n) is 4.55. The molecule has 0 aromatic carbocycles. The second-order valence-corrected chi connectivity index (χ2v) is 5.52. The highest BCUT2D eigenvalue weighted by molar-refractivity contribution is 5.08. The van der Waals surface area contributed by atoms with E-state index in [-0.39, 0.29) is 17.0 Å². The van der Waals surface area contributed by atoms with Gasteiger partial charge in [0, 0.05) is 19.3 Å². The first-order chi connectivity index (χ1) is 7.28. The molecule has 0 aliphatic carbocycles. The predicted octanol–water partition coefficient (Wildman–Crippen LogP) is 0.510. The molecule has 2 aliphatic rings. The van der Waals surface area contributed by atoms with E-state index in [9.17, 15) is 0 Å². The minimum Gasteiger partial charge on any atom is -1.00 e. The summed E-state index contributed by atoms with van der Waals surface area (Å²) in [5.74, 6) is 0. The van der Waals surface area contributed by atoms with Gasteiger partial charge in [-0.3, -0.25) is 0 Å². The second kappa shape index (κ2) is 6.20. The molecule has 2 aliphatic heterocycles. The monoisotopic (exact) mass is 287 g/mol. The molecule has 0 aromatic heterocycles. The third kappa shape index (κ3) is 2.70. The van der Waals surface area contributed by atoms with Crippen molar-refractivity contribution in [3.63, 3.8) is 0 Å². The van der Waals surface area contributed by atoms with Gasteiger partial charge in [0.05, 0.1) is 19.6 Å². The van der Waals surface area contributed by atoms with Crippen molar-refractivity contribution in [3.8, 4) is 0 Å². The maximum Gasteiger partial charge on any atom is 0.111 e. The van der Waals surface area contributed by atoms with Crippen molar-refractivity contribution in [3.05, 3.63) is 12.2 Å². The van der Waals surface area contributed by atoms with Crippen molar-refractivity contribution in [2.24, 2.45) is 0 Å². The van der Waals surface area contributed by atoms with Gasteiger partial charge in [-0.05, 0) is 18.4 Å². The first-order valence-electron chi connectivity index (χ1n) is 6.82. The minimum absolute atomic E-state index is 0. The highest BCUT2D eigenvalue weighted by atomic mass is 79.9. The molecule has 2 fully saturated rings. The predicted molar refractivity (Wildman–Crippen MR) is 65.8 cm³/mol. The Morgan fingerprint density at radius 1 is 1.25 bits per heavy atom. The molecule has 0 bridgehead atoms. The molecule has 2 atom stereocenters. The fourth-order valence-corrected chi connectivity index (χ4v) is 3.65. The van der Waals surface area contributed by atoms with Crippen molar-refractivity contribution in [2.45, 2.75) is 57.9 Å². The van der Waals surface area contributed by atoms with Crippen molar-refractivity contribution in [1.82, 2.24) is 0 Å². The quantitative estimate of drug-likeness (QED) is 0.393. The number of halogens is 1. The minimum atomic E-state index is 0. The molecular formula is C14H26BrN. The molecule has 0 aromatic rings. The van der Waals surface area contributed by atoms with E-state index in [1.165, 1.54) is 69.1 Å². The number of rotatable bonds is 5. The lowest BCUT2D eigenvalue weighted by atomic mass is 10.1. The highest BCUT2D eigenvalue weighted by Gasteiger charge is 2.46. The van der Waals surface area contributed by atoms with Crippen molar-refractivity contribution in [2.75, 3.05) is 19.6 Å². The maximum absolute atomic E-state index is 4.27. The van der Waals surface area contributed by atoms with Gasteiger partial charge in [-0.25, -0.2) is 0 Å². The van der Waals surface area contributed by atoms with Crippen LogP contribution in [0, 0.1) is 0 Å². The van der Waals surface area contributed by atoms with Crippen molar-refractivity contribution >= 4 is 0 Å². The summed E-state index contributed by atoms with van der Waals surface area (Å²) in [6.07, 6.45) is 9.83. The van der Waals surface area contributed by atoms with E-state index in [4.69, 9.17) is 0 Å². The third-order valence-corrected chi connectivity index (χ3v) is 4.55. The SMILES string of the molecule is C=C1CC[N+]2(CCCCCC)CCC[C@@H]12.[Br-]. The first kappa shape index (κ1) is 14.2. The zero-order valence-corrected chi connectivity index (χ0v) is 12.3. The van der Waals surface area contributed by atoms with Crippen LogP contribution >= 0.6 is 0 Å². The number of unbranched alkanes of at least 4 members (excludes halogenated alkanes) is 3. The molecular weight excluding hydrogens is 262 g/mol. The molecule has 0 N–H and O–H groups in total. The number of hydrogen-bond acceptors (Lipinski definition) is 0. The Morgan fingerprint density at radius 3 is 2.81 bits per heavy atom. The number of fused-ring (bicyclic) bond motifs is 1. The highest BCUT2D eigenvalue weighted by Crippen LogP contribution is 2.39. The molecule has 94 valence electrons. The Hall–Kier alpha value is 0.180. The molecule has 1 nitrogen and oxygen atoms in total. The van der Waals surface area contributed by atoms with E-state index in [2.05, 4.69) is 13.5 Å². The summed E-state index contributed by atoms with van der Waals surface area (Å²) in [5, 5.41) is 0. The fraction of sp³-hybridized carbons (Fsp3) is 0.857. The lowest BCUT2D eigenvalue weighted by Gasteiger charge is -2.34. The van der Waals surface area contributed by atoms with Gasteiger partial charge in [0.15, 0.2) is 0 Å². The summed E-state index contributed by atoms with van der Waals surface area (Å²) in [6.45, 7) is 10.8. The Labute approximate surface area is 111 Å². The molecule has 16 heavy (non-hydrogen) atoms. The van der Waals surface area contributed by atoms with Gasteiger partial charge >= 0.3 is 0 Å². The Balaban J connectivity index is 0.00000128. The van der Waals surface area contributed by atoms with E-state index >= 15 is 0 Å². The average Bonchev–Trinajstić information content (AvgIpc) is 2.76. The molecule has 0 amide bonds. The zero-order chi connectivity index (χ0) is 10.7.